The first-order valence-corrected chi connectivity index (χ1v) is 8.96. The quantitative estimate of drug-likeness (QED) is 0.804. The molecule has 2 aromatic carbocycles. The molecule has 1 aliphatic heterocycles. The van der Waals surface area contributed by atoms with Crippen molar-refractivity contribution in [3.8, 4) is 5.75 Å². The van der Waals surface area contributed by atoms with Gasteiger partial charge in [0, 0.05) is 41.9 Å². The maximum absolute atomic E-state index is 12.4. The summed E-state index contributed by atoms with van der Waals surface area (Å²) in [4.78, 5) is 16.5. The van der Waals surface area contributed by atoms with Crippen LogP contribution in [-0.4, -0.2) is 43.6 Å². The lowest BCUT2D eigenvalue weighted by Gasteiger charge is -2.36. The average Bonchev–Trinajstić information content (AvgIpc) is 2.61. The van der Waals surface area contributed by atoms with Gasteiger partial charge in [-0.2, -0.15) is 0 Å². The SMILES string of the molecule is Cc1cc(Cl)ccc1OCC(=O)N1CCN(c2ccc(Cl)cc2)CC1. The van der Waals surface area contributed by atoms with E-state index in [1.54, 1.807) is 12.1 Å². The molecule has 0 aromatic heterocycles. The molecule has 1 aliphatic rings. The summed E-state index contributed by atoms with van der Waals surface area (Å²) >= 11 is 11.9. The van der Waals surface area contributed by atoms with Gasteiger partial charge < -0.3 is 14.5 Å². The molecule has 6 heteroatoms. The zero-order valence-electron chi connectivity index (χ0n) is 14.0. The number of nitrogens with zero attached hydrogens (tertiary/aromatic N) is 2. The molecule has 0 bridgehead atoms. The smallest absolute Gasteiger partial charge is 0.260 e. The van der Waals surface area contributed by atoms with E-state index in [0.29, 0.717) is 23.9 Å². The normalized spacial score (nSPS) is 14.5. The molecular formula is C19H20Cl2N2O2. The monoisotopic (exact) mass is 378 g/mol. The second kappa shape index (κ2) is 7.98. The van der Waals surface area contributed by atoms with E-state index in [0.717, 1.165) is 29.4 Å². The fourth-order valence-electron chi connectivity index (χ4n) is 2.87. The molecule has 0 N–H and O–H groups in total. The summed E-state index contributed by atoms with van der Waals surface area (Å²) in [6, 6.07) is 13.2. The summed E-state index contributed by atoms with van der Waals surface area (Å²) in [7, 11) is 0. The first kappa shape index (κ1) is 17.9. The topological polar surface area (TPSA) is 32.8 Å². The van der Waals surface area contributed by atoms with E-state index in [9.17, 15) is 4.79 Å². The molecular weight excluding hydrogens is 359 g/mol. The fourth-order valence-corrected chi connectivity index (χ4v) is 3.22. The van der Waals surface area contributed by atoms with Crippen LogP contribution in [0.3, 0.4) is 0 Å². The second-order valence-electron chi connectivity index (χ2n) is 6.04. The third kappa shape index (κ3) is 4.59. The van der Waals surface area contributed by atoms with E-state index in [1.165, 1.54) is 0 Å². The van der Waals surface area contributed by atoms with Crippen molar-refractivity contribution in [2.24, 2.45) is 0 Å². The summed E-state index contributed by atoms with van der Waals surface area (Å²) in [6.45, 7) is 4.93. The molecule has 0 unspecified atom stereocenters. The zero-order chi connectivity index (χ0) is 17.8. The van der Waals surface area contributed by atoms with Gasteiger partial charge in [0.1, 0.15) is 5.75 Å². The Morgan fingerprint density at radius 3 is 2.28 bits per heavy atom. The molecule has 25 heavy (non-hydrogen) atoms. The van der Waals surface area contributed by atoms with Gasteiger partial charge in [-0.3, -0.25) is 4.79 Å². The molecule has 0 spiro atoms. The zero-order valence-corrected chi connectivity index (χ0v) is 15.6. The third-order valence-electron chi connectivity index (χ3n) is 4.31. The van der Waals surface area contributed by atoms with Crippen molar-refractivity contribution in [1.29, 1.82) is 0 Å². The average molecular weight is 379 g/mol. The van der Waals surface area contributed by atoms with E-state index in [2.05, 4.69) is 4.90 Å². The molecule has 0 atom stereocenters. The Hall–Kier alpha value is -1.91. The van der Waals surface area contributed by atoms with Crippen LogP contribution in [0.15, 0.2) is 42.5 Å². The molecule has 0 aliphatic carbocycles. The highest BCUT2D eigenvalue weighted by Crippen LogP contribution is 2.22. The van der Waals surface area contributed by atoms with Crippen LogP contribution in [0.2, 0.25) is 10.0 Å². The van der Waals surface area contributed by atoms with Crippen molar-refractivity contribution in [2.75, 3.05) is 37.7 Å². The minimum atomic E-state index is 0.00473. The lowest BCUT2D eigenvalue weighted by molar-refractivity contribution is -0.133. The number of hydrogen-bond donors (Lipinski definition) is 0. The highest BCUT2D eigenvalue weighted by molar-refractivity contribution is 6.30. The molecule has 1 heterocycles. The highest BCUT2D eigenvalue weighted by atomic mass is 35.5. The fraction of sp³-hybridized carbons (Fsp3) is 0.316. The van der Waals surface area contributed by atoms with E-state index in [4.69, 9.17) is 27.9 Å². The minimum Gasteiger partial charge on any atom is -0.483 e. The van der Waals surface area contributed by atoms with Crippen LogP contribution in [0.5, 0.6) is 5.75 Å². The van der Waals surface area contributed by atoms with Gasteiger partial charge in [-0.15, -0.1) is 0 Å². The predicted octanol–water partition coefficient (Wildman–Crippen LogP) is 4.03. The number of hydrogen-bond acceptors (Lipinski definition) is 3. The van der Waals surface area contributed by atoms with Gasteiger partial charge in [0.25, 0.3) is 5.91 Å². The van der Waals surface area contributed by atoms with Crippen LogP contribution in [0.1, 0.15) is 5.56 Å². The molecule has 4 nitrogen and oxygen atoms in total. The van der Waals surface area contributed by atoms with Gasteiger partial charge in [-0.25, -0.2) is 0 Å². The number of benzene rings is 2. The second-order valence-corrected chi connectivity index (χ2v) is 6.92. The van der Waals surface area contributed by atoms with Crippen molar-refractivity contribution in [1.82, 2.24) is 4.90 Å². The van der Waals surface area contributed by atoms with Crippen LogP contribution in [-0.2, 0) is 4.79 Å². The number of amides is 1. The standard InChI is InChI=1S/C19H20Cl2N2O2/c1-14-12-16(21)4-7-18(14)25-13-19(24)23-10-8-22(9-11-23)17-5-2-15(20)3-6-17/h2-7,12H,8-11,13H2,1H3. The van der Waals surface area contributed by atoms with Gasteiger partial charge in [0.15, 0.2) is 6.61 Å². The third-order valence-corrected chi connectivity index (χ3v) is 4.80. The van der Waals surface area contributed by atoms with E-state index in [-0.39, 0.29) is 12.5 Å². The van der Waals surface area contributed by atoms with Gasteiger partial charge in [0.2, 0.25) is 0 Å². The predicted molar refractivity (Wildman–Crippen MR) is 102 cm³/mol. The Labute approximate surface area is 157 Å². The molecule has 0 radical (unpaired) electrons. The largest absolute Gasteiger partial charge is 0.483 e. The number of rotatable bonds is 4. The van der Waals surface area contributed by atoms with Gasteiger partial charge in [0.05, 0.1) is 0 Å². The van der Waals surface area contributed by atoms with Crippen molar-refractivity contribution in [3.05, 3.63) is 58.1 Å². The number of ether oxygens (including phenoxy) is 1. The Bertz CT molecular complexity index is 742. The van der Waals surface area contributed by atoms with Crippen molar-refractivity contribution < 1.29 is 9.53 Å². The summed E-state index contributed by atoms with van der Waals surface area (Å²) in [5.41, 5.74) is 2.05. The minimum absolute atomic E-state index is 0.00473. The van der Waals surface area contributed by atoms with Gasteiger partial charge >= 0.3 is 0 Å². The lowest BCUT2D eigenvalue weighted by atomic mass is 10.2. The van der Waals surface area contributed by atoms with Crippen LogP contribution in [0.25, 0.3) is 0 Å². The molecule has 2 aromatic rings. The Morgan fingerprint density at radius 2 is 1.64 bits per heavy atom. The van der Waals surface area contributed by atoms with E-state index < -0.39 is 0 Å². The number of carbonyl (C=O) groups is 1. The Morgan fingerprint density at radius 1 is 1.00 bits per heavy atom. The lowest BCUT2D eigenvalue weighted by Crippen LogP contribution is -2.50. The number of aryl methyl sites for hydroxylation is 1. The van der Waals surface area contributed by atoms with Crippen LogP contribution in [0.4, 0.5) is 5.69 Å². The number of anilines is 1. The first-order valence-electron chi connectivity index (χ1n) is 8.20. The molecule has 1 fully saturated rings. The van der Waals surface area contributed by atoms with Crippen LogP contribution < -0.4 is 9.64 Å². The number of piperazine rings is 1. The van der Waals surface area contributed by atoms with Crippen LogP contribution >= 0.6 is 23.2 Å². The van der Waals surface area contributed by atoms with Gasteiger partial charge in [-0.1, -0.05) is 23.2 Å². The maximum atomic E-state index is 12.4. The summed E-state index contributed by atoms with van der Waals surface area (Å²) in [5, 5.41) is 1.39. The number of carbonyl (C=O) groups excluding carboxylic acids is 1. The molecule has 1 saturated heterocycles. The maximum Gasteiger partial charge on any atom is 0.260 e. The highest BCUT2D eigenvalue weighted by Gasteiger charge is 2.21. The molecule has 132 valence electrons. The first-order chi connectivity index (χ1) is 12.0. The van der Waals surface area contributed by atoms with E-state index in [1.807, 2.05) is 42.2 Å². The van der Waals surface area contributed by atoms with Crippen molar-refractivity contribution in [2.45, 2.75) is 6.92 Å². The van der Waals surface area contributed by atoms with Gasteiger partial charge in [-0.05, 0) is 55.0 Å². The summed E-state index contributed by atoms with van der Waals surface area (Å²) in [5.74, 6) is 0.697. The summed E-state index contributed by atoms with van der Waals surface area (Å²) < 4.78 is 5.65. The van der Waals surface area contributed by atoms with Crippen molar-refractivity contribution in [3.63, 3.8) is 0 Å². The summed E-state index contributed by atoms with van der Waals surface area (Å²) in [6.07, 6.45) is 0. The van der Waals surface area contributed by atoms with E-state index >= 15 is 0 Å². The molecule has 1 amide bonds. The number of halogens is 2. The van der Waals surface area contributed by atoms with Crippen molar-refractivity contribution >= 4 is 34.8 Å². The van der Waals surface area contributed by atoms with Crippen LogP contribution in [0, 0.1) is 6.92 Å². The molecule has 0 saturated carbocycles. The molecule has 3 rings (SSSR count). The Balaban J connectivity index is 1.50. The Kier molecular flexibility index (Phi) is 5.71.